The number of carbonyl (C=O) groups is 2. The molecule has 0 amide bonds. The van der Waals surface area contributed by atoms with Crippen molar-refractivity contribution in [1.29, 1.82) is 0 Å². The summed E-state index contributed by atoms with van der Waals surface area (Å²) in [5, 5.41) is 1.91. The lowest BCUT2D eigenvalue weighted by Gasteiger charge is -2.22. The van der Waals surface area contributed by atoms with Crippen LogP contribution in [0.2, 0.25) is 0 Å². The van der Waals surface area contributed by atoms with E-state index in [0.29, 0.717) is 5.75 Å². The molecule has 1 aliphatic rings. The molecule has 0 radical (unpaired) electrons. The molecule has 0 N–H and O–H groups in total. The van der Waals surface area contributed by atoms with E-state index in [-0.39, 0.29) is 12.4 Å². The third-order valence-electron chi connectivity index (χ3n) is 4.05. The quantitative estimate of drug-likeness (QED) is 0.623. The molecule has 1 heterocycles. The van der Waals surface area contributed by atoms with Crippen molar-refractivity contribution in [3.63, 3.8) is 0 Å². The van der Waals surface area contributed by atoms with Crippen molar-refractivity contribution in [2.24, 2.45) is 0 Å². The number of hydrogen-bond donors (Lipinski definition) is 0. The maximum Gasteiger partial charge on any atom is 0.343 e. The monoisotopic (exact) mass is 330 g/mol. The number of ether oxygens (including phenoxy) is 2. The van der Waals surface area contributed by atoms with Gasteiger partial charge in [-0.3, -0.25) is 4.79 Å². The third-order valence-corrected chi connectivity index (χ3v) is 4.92. The number of benzene rings is 1. The maximum atomic E-state index is 12.7. The van der Waals surface area contributed by atoms with Gasteiger partial charge in [-0.1, -0.05) is 6.07 Å². The lowest BCUT2D eigenvalue weighted by Crippen LogP contribution is -2.16. The first-order valence-corrected chi connectivity index (χ1v) is 8.51. The van der Waals surface area contributed by atoms with Crippen LogP contribution in [0.1, 0.15) is 39.2 Å². The molecule has 0 saturated carbocycles. The summed E-state index contributed by atoms with van der Waals surface area (Å²) in [5.74, 6) is 0.346. The Morgan fingerprint density at radius 1 is 1.13 bits per heavy atom. The minimum absolute atomic E-state index is 0.0673. The molecular formula is C18H18O4S. The van der Waals surface area contributed by atoms with E-state index in [9.17, 15) is 9.59 Å². The zero-order valence-electron chi connectivity index (χ0n) is 13.0. The van der Waals surface area contributed by atoms with Crippen LogP contribution in [0.15, 0.2) is 29.6 Å². The summed E-state index contributed by atoms with van der Waals surface area (Å²) in [4.78, 5) is 24.7. The smallest absolute Gasteiger partial charge is 0.343 e. The first-order valence-electron chi connectivity index (χ1n) is 7.63. The van der Waals surface area contributed by atoms with Crippen LogP contribution >= 0.6 is 11.3 Å². The predicted molar refractivity (Wildman–Crippen MR) is 88.3 cm³/mol. The number of methoxy groups -OCH3 is 1. The van der Waals surface area contributed by atoms with Crippen molar-refractivity contribution in [3.05, 3.63) is 51.2 Å². The molecule has 0 fully saturated rings. The van der Waals surface area contributed by atoms with Crippen LogP contribution in [0.5, 0.6) is 5.75 Å². The normalized spacial score (nSPS) is 13.3. The van der Waals surface area contributed by atoms with Crippen molar-refractivity contribution in [2.75, 3.05) is 13.7 Å². The summed E-state index contributed by atoms with van der Waals surface area (Å²) in [5.41, 5.74) is 2.88. The Morgan fingerprint density at radius 2 is 1.91 bits per heavy atom. The Hall–Kier alpha value is -2.14. The Kier molecular flexibility index (Phi) is 4.76. The van der Waals surface area contributed by atoms with Gasteiger partial charge in [0.1, 0.15) is 5.75 Å². The van der Waals surface area contributed by atoms with Crippen molar-refractivity contribution in [2.45, 2.75) is 25.7 Å². The average Bonchev–Trinajstić information content (AvgIpc) is 3.13. The Balaban J connectivity index is 1.94. The van der Waals surface area contributed by atoms with Gasteiger partial charge >= 0.3 is 5.97 Å². The van der Waals surface area contributed by atoms with Gasteiger partial charge in [0.2, 0.25) is 5.78 Å². The third kappa shape index (κ3) is 3.29. The zero-order chi connectivity index (χ0) is 16.2. The molecule has 1 aliphatic carbocycles. The van der Waals surface area contributed by atoms with Gasteiger partial charge in [0.25, 0.3) is 0 Å². The lowest BCUT2D eigenvalue weighted by atomic mass is 9.86. The lowest BCUT2D eigenvalue weighted by molar-refractivity contribution is -0.142. The largest absolute Gasteiger partial charge is 0.482 e. The van der Waals surface area contributed by atoms with E-state index in [1.807, 2.05) is 23.6 Å². The fourth-order valence-electron chi connectivity index (χ4n) is 2.92. The minimum Gasteiger partial charge on any atom is -0.482 e. The molecule has 4 nitrogen and oxygen atoms in total. The van der Waals surface area contributed by atoms with Crippen LogP contribution in [0, 0.1) is 0 Å². The van der Waals surface area contributed by atoms with Crippen molar-refractivity contribution in [3.8, 4) is 5.75 Å². The Labute approximate surface area is 139 Å². The fraction of sp³-hybridized carbons (Fsp3) is 0.333. The van der Waals surface area contributed by atoms with Gasteiger partial charge in [0.15, 0.2) is 6.61 Å². The topological polar surface area (TPSA) is 52.6 Å². The van der Waals surface area contributed by atoms with E-state index in [4.69, 9.17) is 4.74 Å². The second kappa shape index (κ2) is 6.96. The van der Waals surface area contributed by atoms with E-state index in [0.717, 1.165) is 47.3 Å². The number of carbonyl (C=O) groups excluding carboxylic acids is 2. The first-order chi connectivity index (χ1) is 11.2. The van der Waals surface area contributed by atoms with Crippen molar-refractivity contribution < 1.29 is 19.1 Å². The van der Waals surface area contributed by atoms with Gasteiger partial charge in [-0.05, 0) is 60.4 Å². The molecule has 2 aromatic rings. The highest BCUT2D eigenvalue weighted by Crippen LogP contribution is 2.33. The predicted octanol–water partition coefficient (Wildman–Crippen LogP) is 3.41. The highest BCUT2D eigenvalue weighted by atomic mass is 32.1. The zero-order valence-corrected chi connectivity index (χ0v) is 13.8. The van der Waals surface area contributed by atoms with Crippen LogP contribution in [-0.4, -0.2) is 25.5 Å². The second-order valence-electron chi connectivity index (χ2n) is 5.45. The molecule has 1 aromatic carbocycles. The van der Waals surface area contributed by atoms with Gasteiger partial charge in [-0.15, -0.1) is 11.3 Å². The molecular weight excluding hydrogens is 312 g/mol. The SMILES string of the molecule is COC(=O)COc1ccc(C(=O)c2cccs2)c2c1CCCC2. The van der Waals surface area contributed by atoms with Gasteiger partial charge in [0, 0.05) is 5.56 Å². The number of ketones is 1. The Morgan fingerprint density at radius 3 is 2.61 bits per heavy atom. The second-order valence-corrected chi connectivity index (χ2v) is 6.39. The number of esters is 1. The molecule has 0 atom stereocenters. The molecule has 5 heteroatoms. The average molecular weight is 330 g/mol. The highest BCUT2D eigenvalue weighted by Gasteiger charge is 2.23. The first kappa shape index (κ1) is 15.7. The van der Waals surface area contributed by atoms with Crippen molar-refractivity contribution in [1.82, 2.24) is 0 Å². The van der Waals surface area contributed by atoms with Crippen LogP contribution in [0.4, 0.5) is 0 Å². The van der Waals surface area contributed by atoms with Gasteiger partial charge in [0.05, 0.1) is 12.0 Å². The summed E-state index contributed by atoms with van der Waals surface area (Å²) in [6.07, 6.45) is 3.88. The van der Waals surface area contributed by atoms with E-state index in [1.165, 1.54) is 18.4 Å². The summed E-state index contributed by atoms with van der Waals surface area (Å²) in [6.45, 7) is -0.110. The molecule has 0 spiro atoms. The number of fused-ring (bicyclic) bond motifs is 1. The summed E-state index contributed by atoms with van der Waals surface area (Å²) in [6, 6.07) is 7.36. The number of hydrogen-bond acceptors (Lipinski definition) is 5. The van der Waals surface area contributed by atoms with Crippen LogP contribution in [0.3, 0.4) is 0 Å². The summed E-state index contributed by atoms with van der Waals surface area (Å²) >= 11 is 1.46. The van der Waals surface area contributed by atoms with Crippen molar-refractivity contribution >= 4 is 23.1 Å². The standard InChI is InChI=1S/C18H18O4S/c1-21-17(19)11-22-15-9-8-14(12-5-2-3-6-13(12)15)18(20)16-7-4-10-23-16/h4,7-10H,2-3,5-6,11H2,1H3. The molecule has 0 aliphatic heterocycles. The molecule has 23 heavy (non-hydrogen) atoms. The molecule has 0 unspecified atom stereocenters. The number of rotatable bonds is 5. The maximum absolute atomic E-state index is 12.7. The fourth-order valence-corrected chi connectivity index (χ4v) is 3.60. The van der Waals surface area contributed by atoms with Crippen LogP contribution < -0.4 is 4.74 Å². The Bertz CT molecular complexity index is 719. The number of thiophene rings is 1. The van der Waals surface area contributed by atoms with Gasteiger partial charge in [-0.25, -0.2) is 4.79 Å². The van der Waals surface area contributed by atoms with Crippen LogP contribution in [0.25, 0.3) is 0 Å². The summed E-state index contributed by atoms with van der Waals surface area (Å²) in [7, 11) is 1.34. The van der Waals surface area contributed by atoms with E-state index < -0.39 is 5.97 Å². The molecule has 1 aromatic heterocycles. The molecule has 0 saturated heterocycles. The van der Waals surface area contributed by atoms with E-state index in [1.54, 1.807) is 6.07 Å². The molecule has 0 bridgehead atoms. The van der Waals surface area contributed by atoms with Crippen LogP contribution in [-0.2, 0) is 22.4 Å². The summed E-state index contributed by atoms with van der Waals surface area (Å²) < 4.78 is 10.2. The van der Waals surface area contributed by atoms with E-state index >= 15 is 0 Å². The molecule has 120 valence electrons. The van der Waals surface area contributed by atoms with Gasteiger partial charge in [-0.2, -0.15) is 0 Å². The van der Waals surface area contributed by atoms with Gasteiger partial charge < -0.3 is 9.47 Å². The van der Waals surface area contributed by atoms with E-state index in [2.05, 4.69) is 4.74 Å². The highest BCUT2D eigenvalue weighted by molar-refractivity contribution is 7.12. The minimum atomic E-state index is -0.409. The molecule has 3 rings (SSSR count).